The summed E-state index contributed by atoms with van der Waals surface area (Å²) in [6.07, 6.45) is 1.71. The zero-order valence-electron chi connectivity index (χ0n) is 16.6. The molecule has 1 heterocycles. The van der Waals surface area contributed by atoms with Gasteiger partial charge in [0, 0.05) is 16.6 Å². The Morgan fingerprint density at radius 2 is 1.84 bits per heavy atom. The van der Waals surface area contributed by atoms with Crippen molar-refractivity contribution in [2.45, 2.75) is 24.5 Å². The predicted octanol–water partition coefficient (Wildman–Crippen LogP) is 4.98. The van der Waals surface area contributed by atoms with Gasteiger partial charge in [0.1, 0.15) is 6.04 Å². The summed E-state index contributed by atoms with van der Waals surface area (Å²) < 4.78 is 0.902. The van der Waals surface area contributed by atoms with Gasteiger partial charge in [-0.05, 0) is 35.6 Å². The highest BCUT2D eigenvalue weighted by Crippen LogP contribution is 2.19. The van der Waals surface area contributed by atoms with Crippen LogP contribution in [0.3, 0.4) is 0 Å². The highest BCUT2D eigenvalue weighted by Gasteiger charge is 2.24. The summed E-state index contributed by atoms with van der Waals surface area (Å²) >= 11 is 10.9. The molecule has 1 aromatic heterocycles. The van der Waals surface area contributed by atoms with Crippen LogP contribution in [-0.2, 0) is 11.2 Å². The smallest absolute Gasteiger partial charge is 0.272 e. The fourth-order valence-corrected chi connectivity index (χ4v) is 3.74. The zero-order chi connectivity index (χ0) is 22.2. The minimum absolute atomic E-state index is 0.0436. The van der Waals surface area contributed by atoms with E-state index < -0.39 is 11.9 Å². The van der Waals surface area contributed by atoms with Crippen LogP contribution in [0.25, 0.3) is 0 Å². The molecule has 0 bridgehead atoms. The van der Waals surface area contributed by atoms with Crippen LogP contribution < -0.4 is 10.6 Å². The number of anilines is 1. The van der Waals surface area contributed by atoms with E-state index in [1.807, 2.05) is 49.4 Å². The topological polar surface area (TPSA) is 84.0 Å². The molecule has 3 rings (SSSR count). The van der Waals surface area contributed by atoms with Crippen LogP contribution in [0.2, 0.25) is 5.02 Å². The van der Waals surface area contributed by atoms with Crippen molar-refractivity contribution in [2.75, 3.05) is 11.1 Å². The van der Waals surface area contributed by atoms with E-state index in [1.165, 1.54) is 18.0 Å². The first-order chi connectivity index (χ1) is 15.0. The van der Waals surface area contributed by atoms with Crippen LogP contribution in [0.4, 0.5) is 5.69 Å². The minimum Gasteiger partial charge on any atom is -0.338 e. The maximum absolute atomic E-state index is 13.0. The Labute approximate surface area is 198 Å². The van der Waals surface area contributed by atoms with E-state index in [-0.39, 0.29) is 16.6 Å². The van der Waals surface area contributed by atoms with Gasteiger partial charge in [-0.15, -0.1) is 0 Å². The fraction of sp³-hybridized carbons (Fsp3) is 0.182. The molecule has 0 saturated heterocycles. The van der Waals surface area contributed by atoms with Gasteiger partial charge in [0.25, 0.3) is 5.91 Å². The number of nitrogens with zero attached hydrogens (tertiary/aromatic N) is 2. The highest BCUT2D eigenvalue weighted by molar-refractivity contribution is 9.10. The van der Waals surface area contributed by atoms with E-state index >= 15 is 0 Å². The summed E-state index contributed by atoms with van der Waals surface area (Å²) in [6, 6.07) is 15.9. The number of halogens is 2. The second-order valence-corrected chi connectivity index (χ2v) is 9.05. The molecule has 1 atom stereocenters. The Balaban J connectivity index is 1.82. The molecular formula is C22H20BrClN4O2S. The first-order valence-corrected chi connectivity index (χ1v) is 11.7. The lowest BCUT2D eigenvalue weighted by Crippen LogP contribution is -2.45. The van der Waals surface area contributed by atoms with E-state index in [9.17, 15) is 9.59 Å². The molecule has 0 aliphatic carbocycles. The Bertz CT molecular complexity index is 1050. The average molecular weight is 520 g/mol. The Morgan fingerprint density at radius 1 is 1.13 bits per heavy atom. The molecule has 0 saturated carbocycles. The van der Waals surface area contributed by atoms with Gasteiger partial charge in [0.05, 0.1) is 11.2 Å². The number of aromatic nitrogens is 2. The van der Waals surface area contributed by atoms with Crippen LogP contribution >= 0.6 is 39.3 Å². The number of thioether (sulfide) groups is 1. The summed E-state index contributed by atoms with van der Waals surface area (Å²) in [4.78, 5) is 34.3. The van der Waals surface area contributed by atoms with E-state index in [1.54, 1.807) is 12.1 Å². The second kappa shape index (κ2) is 11.3. The van der Waals surface area contributed by atoms with Crippen molar-refractivity contribution in [1.29, 1.82) is 0 Å². The zero-order valence-corrected chi connectivity index (χ0v) is 19.8. The molecule has 6 nitrogen and oxygen atoms in total. The molecule has 9 heteroatoms. The summed E-state index contributed by atoms with van der Waals surface area (Å²) in [5.74, 6) is -0.111. The number of carbonyl (C=O) groups is 2. The first kappa shape index (κ1) is 23.2. The molecule has 0 fully saturated rings. The number of amides is 2. The number of hydrogen-bond donors (Lipinski definition) is 2. The molecule has 0 unspecified atom stereocenters. The molecule has 0 aliphatic heterocycles. The van der Waals surface area contributed by atoms with E-state index in [4.69, 9.17) is 11.6 Å². The molecule has 3 aromatic rings. The maximum Gasteiger partial charge on any atom is 0.272 e. The van der Waals surface area contributed by atoms with E-state index in [2.05, 4.69) is 36.5 Å². The molecule has 0 aliphatic rings. The van der Waals surface area contributed by atoms with Gasteiger partial charge in [0.2, 0.25) is 5.91 Å². The fourth-order valence-electron chi connectivity index (χ4n) is 2.76. The Morgan fingerprint density at radius 3 is 2.52 bits per heavy atom. The van der Waals surface area contributed by atoms with Crippen molar-refractivity contribution in [2.24, 2.45) is 0 Å². The Hall–Kier alpha value is -2.42. The second-order valence-electron chi connectivity index (χ2n) is 6.49. The van der Waals surface area contributed by atoms with Crippen molar-refractivity contribution < 1.29 is 9.59 Å². The molecule has 2 amide bonds. The standard InChI is InChI=1S/C22H20BrClN4O2S/c1-2-31-22-25-13-17(24)19(28-22)21(30)27-18(12-14-6-4-3-5-7-14)20(29)26-16-10-8-15(23)9-11-16/h3-11,13,18H,2,12H2,1H3,(H,26,29)(H,27,30)/t18-/m1/s1. The molecule has 0 radical (unpaired) electrons. The van der Waals surface area contributed by atoms with Crippen molar-refractivity contribution in [1.82, 2.24) is 15.3 Å². The quantitative estimate of drug-likeness (QED) is 0.324. The summed E-state index contributed by atoms with van der Waals surface area (Å²) in [6.45, 7) is 1.96. The van der Waals surface area contributed by atoms with Gasteiger partial charge in [-0.3, -0.25) is 9.59 Å². The lowest BCUT2D eigenvalue weighted by Gasteiger charge is -2.19. The SMILES string of the molecule is CCSc1ncc(Cl)c(C(=O)N[C@H](Cc2ccccc2)C(=O)Nc2ccc(Br)cc2)n1. The minimum atomic E-state index is -0.827. The lowest BCUT2D eigenvalue weighted by atomic mass is 10.0. The molecule has 31 heavy (non-hydrogen) atoms. The van der Waals surface area contributed by atoms with E-state index in [0.717, 1.165) is 15.8 Å². The summed E-state index contributed by atoms with van der Waals surface area (Å²) in [5, 5.41) is 6.21. The van der Waals surface area contributed by atoms with Gasteiger partial charge in [-0.1, -0.05) is 76.5 Å². The first-order valence-electron chi connectivity index (χ1n) is 9.53. The van der Waals surface area contributed by atoms with Crippen LogP contribution in [-0.4, -0.2) is 33.6 Å². The maximum atomic E-state index is 13.0. The molecule has 2 aromatic carbocycles. The van der Waals surface area contributed by atoms with Crippen molar-refractivity contribution in [3.63, 3.8) is 0 Å². The van der Waals surface area contributed by atoms with E-state index in [0.29, 0.717) is 17.3 Å². The largest absolute Gasteiger partial charge is 0.338 e. The van der Waals surface area contributed by atoms with Crippen LogP contribution in [0.1, 0.15) is 23.0 Å². The lowest BCUT2D eigenvalue weighted by molar-refractivity contribution is -0.118. The number of benzene rings is 2. The Kier molecular flexibility index (Phi) is 8.45. The summed E-state index contributed by atoms with van der Waals surface area (Å²) in [5.41, 5.74) is 1.58. The van der Waals surface area contributed by atoms with Crippen molar-refractivity contribution in [3.8, 4) is 0 Å². The molecular weight excluding hydrogens is 500 g/mol. The van der Waals surface area contributed by atoms with Gasteiger partial charge >= 0.3 is 0 Å². The number of hydrogen-bond acceptors (Lipinski definition) is 5. The van der Waals surface area contributed by atoms with Gasteiger partial charge in [-0.2, -0.15) is 0 Å². The third kappa shape index (κ3) is 6.78. The molecule has 160 valence electrons. The third-order valence-electron chi connectivity index (χ3n) is 4.23. The summed E-state index contributed by atoms with van der Waals surface area (Å²) in [7, 11) is 0. The average Bonchev–Trinajstić information content (AvgIpc) is 2.77. The number of carbonyl (C=O) groups excluding carboxylic acids is 2. The van der Waals surface area contributed by atoms with Crippen molar-refractivity contribution >= 4 is 56.8 Å². The molecule has 2 N–H and O–H groups in total. The van der Waals surface area contributed by atoms with Gasteiger partial charge in [0.15, 0.2) is 10.9 Å². The third-order valence-corrected chi connectivity index (χ3v) is 5.78. The monoisotopic (exact) mass is 518 g/mol. The number of rotatable bonds is 8. The predicted molar refractivity (Wildman–Crippen MR) is 128 cm³/mol. The van der Waals surface area contributed by atoms with Gasteiger partial charge in [-0.25, -0.2) is 9.97 Å². The molecule has 0 spiro atoms. The van der Waals surface area contributed by atoms with Crippen LogP contribution in [0, 0.1) is 0 Å². The van der Waals surface area contributed by atoms with Crippen LogP contribution in [0.5, 0.6) is 0 Å². The van der Waals surface area contributed by atoms with Crippen LogP contribution in [0.15, 0.2) is 70.4 Å². The highest BCUT2D eigenvalue weighted by atomic mass is 79.9. The number of nitrogens with one attached hydrogen (secondary N) is 2. The van der Waals surface area contributed by atoms with Gasteiger partial charge < -0.3 is 10.6 Å². The van der Waals surface area contributed by atoms with Crippen molar-refractivity contribution in [3.05, 3.63) is 81.5 Å². The normalized spacial score (nSPS) is 11.6.